The summed E-state index contributed by atoms with van der Waals surface area (Å²) < 4.78 is 6.94. The molecular formula is C17H16BrNO2. The highest BCUT2D eigenvalue weighted by molar-refractivity contribution is 9.10. The number of halogens is 1. The fourth-order valence-electron chi connectivity index (χ4n) is 2.59. The molecule has 0 fully saturated rings. The maximum atomic E-state index is 11.7. The van der Waals surface area contributed by atoms with Crippen LogP contribution in [0.4, 0.5) is 0 Å². The zero-order chi connectivity index (χ0) is 14.8. The van der Waals surface area contributed by atoms with Gasteiger partial charge in [0.05, 0.1) is 5.69 Å². The van der Waals surface area contributed by atoms with Crippen LogP contribution < -0.4 is 4.74 Å². The number of ketones is 1. The van der Waals surface area contributed by atoms with Crippen LogP contribution in [0.2, 0.25) is 0 Å². The topological polar surface area (TPSA) is 39.2 Å². The number of carbonyl (C=O) groups is 1. The van der Waals surface area contributed by atoms with Gasteiger partial charge in [0.2, 0.25) is 0 Å². The van der Waals surface area contributed by atoms with Crippen molar-refractivity contribution in [2.45, 2.75) is 32.8 Å². The Hall–Kier alpha value is -1.68. The summed E-state index contributed by atoms with van der Waals surface area (Å²) in [5.74, 6) is 1.07. The molecule has 0 saturated heterocycles. The first-order valence-electron chi connectivity index (χ1n) is 7.00. The minimum absolute atomic E-state index is 0.281. The molecule has 0 unspecified atom stereocenters. The second-order valence-corrected chi connectivity index (χ2v) is 6.23. The summed E-state index contributed by atoms with van der Waals surface area (Å²) in [5.41, 5.74) is 4.27. The van der Waals surface area contributed by atoms with Crippen molar-refractivity contribution < 1.29 is 9.53 Å². The molecule has 0 amide bonds. The predicted octanol–water partition coefficient (Wildman–Crippen LogP) is 3.79. The zero-order valence-corrected chi connectivity index (χ0v) is 13.4. The molecule has 3 rings (SSSR count). The maximum absolute atomic E-state index is 11.7. The lowest BCUT2D eigenvalue weighted by Gasteiger charge is -2.19. The molecule has 21 heavy (non-hydrogen) atoms. The average molecular weight is 346 g/mol. The van der Waals surface area contributed by atoms with E-state index in [1.165, 1.54) is 5.56 Å². The van der Waals surface area contributed by atoms with Crippen LogP contribution in [0.25, 0.3) is 0 Å². The van der Waals surface area contributed by atoms with E-state index in [0.29, 0.717) is 19.4 Å². The van der Waals surface area contributed by atoms with E-state index < -0.39 is 0 Å². The summed E-state index contributed by atoms with van der Waals surface area (Å²) in [5, 5.41) is 0. The molecule has 4 heteroatoms. The minimum Gasteiger partial charge on any atom is -0.487 e. The summed E-state index contributed by atoms with van der Waals surface area (Å²) >= 11 is 3.52. The number of carbonyl (C=O) groups excluding carboxylic acids is 1. The van der Waals surface area contributed by atoms with Crippen LogP contribution in [0, 0.1) is 6.92 Å². The van der Waals surface area contributed by atoms with E-state index in [9.17, 15) is 4.79 Å². The Morgan fingerprint density at radius 2 is 2.19 bits per heavy atom. The van der Waals surface area contributed by atoms with Gasteiger partial charge in [-0.2, -0.15) is 0 Å². The van der Waals surface area contributed by atoms with Crippen LogP contribution in [-0.4, -0.2) is 10.8 Å². The standard InChI is InChI=1S/C17H16BrNO2/c1-11-3-2-6-19-16(11)10-21-17-8-13(18)7-12-4-5-14(20)9-15(12)17/h2-3,6-8H,4-5,9-10H2,1H3. The Balaban J connectivity index is 1.87. The number of hydrogen-bond acceptors (Lipinski definition) is 3. The van der Waals surface area contributed by atoms with Crippen molar-refractivity contribution in [2.75, 3.05) is 0 Å². The van der Waals surface area contributed by atoms with Gasteiger partial charge in [0.1, 0.15) is 18.1 Å². The van der Waals surface area contributed by atoms with E-state index in [0.717, 1.165) is 33.5 Å². The normalized spacial score (nSPS) is 13.9. The molecule has 108 valence electrons. The van der Waals surface area contributed by atoms with E-state index in [4.69, 9.17) is 4.74 Å². The SMILES string of the molecule is Cc1cccnc1COc1cc(Br)cc2c1CC(=O)CC2. The molecule has 3 nitrogen and oxygen atoms in total. The highest BCUT2D eigenvalue weighted by Crippen LogP contribution is 2.32. The molecule has 1 aromatic carbocycles. The second-order valence-electron chi connectivity index (χ2n) is 5.31. The van der Waals surface area contributed by atoms with Crippen LogP contribution in [0.3, 0.4) is 0 Å². The molecule has 0 saturated carbocycles. The molecule has 0 N–H and O–H groups in total. The summed E-state index contributed by atoms with van der Waals surface area (Å²) in [6, 6.07) is 7.96. The molecule has 0 spiro atoms. The van der Waals surface area contributed by atoms with Crippen LogP contribution in [0.5, 0.6) is 5.75 Å². The molecule has 0 aliphatic heterocycles. The van der Waals surface area contributed by atoms with Gasteiger partial charge in [0.25, 0.3) is 0 Å². The highest BCUT2D eigenvalue weighted by Gasteiger charge is 2.20. The van der Waals surface area contributed by atoms with Gasteiger partial charge in [0, 0.05) is 29.1 Å². The number of benzene rings is 1. The largest absolute Gasteiger partial charge is 0.487 e. The lowest BCUT2D eigenvalue weighted by atomic mass is 9.90. The van der Waals surface area contributed by atoms with E-state index in [1.54, 1.807) is 6.20 Å². The van der Waals surface area contributed by atoms with Crippen molar-refractivity contribution in [1.29, 1.82) is 0 Å². The molecule has 2 aromatic rings. The number of pyridine rings is 1. The monoisotopic (exact) mass is 345 g/mol. The predicted molar refractivity (Wildman–Crippen MR) is 84.5 cm³/mol. The Bertz CT molecular complexity index is 697. The third kappa shape index (κ3) is 3.16. The molecule has 0 bridgehead atoms. The highest BCUT2D eigenvalue weighted by atomic mass is 79.9. The van der Waals surface area contributed by atoms with Gasteiger partial charge < -0.3 is 4.74 Å². The summed E-state index contributed by atoms with van der Waals surface area (Å²) in [6.45, 7) is 2.44. The maximum Gasteiger partial charge on any atom is 0.137 e. The zero-order valence-electron chi connectivity index (χ0n) is 11.9. The third-order valence-corrected chi connectivity index (χ3v) is 4.25. The van der Waals surface area contributed by atoms with E-state index in [1.807, 2.05) is 25.1 Å². The van der Waals surface area contributed by atoms with Gasteiger partial charge in [-0.15, -0.1) is 0 Å². The number of fused-ring (bicyclic) bond motifs is 1. The molecule has 1 heterocycles. The first kappa shape index (κ1) is 14.3. The van der Waals surface area contributed by atoms with Crippen molar-refractivity contribution in [2.24, 2.45) is 0 Å². The summed E-state index contributed by atoms with van der Waals surface area (Å²) in [7, 11) is 0. The molecule has 1 aliphatic carbocycles. The Morgan fingerprint density at radius 1 is 1.33 bits per heavy atom. The van der Waals surface area contributed by atoms with Crippen molar-refractivity contribution in [3.05, 3.63) is 57.3 Å². The number of nitrogens with zero attached hydrogens (tertiary/aromatic N) is 1. The van der Waals surface area contributed by atoms with Crippen molar-refractivity contribution in [3.63, 3.8) is 0 Å². The first-order valence-corrected chi connectivity index (χ1v) is 7.79. The number of Topliss-reactive ketones (excluding diaryl/α,β-unsaturated/α-hetero) is 1. The van der Waals surface area contributed by atoms with Crippen molar-refractivity contribution in [1.82, 2.24) is 4.98 Å². The lowest BCUT2D eigenvalue weighted by molar-refractivity contribution is -0.118. The average Bonchev–Trinajstić information content (AvgIpc) is 2.47. The first-order chi connectivity index (χ1) is 10.1. The van der Waals surface area contributed by atoms with Gasteiger partial charge in [-0.1, -0.05) is 22.0 Å². The van der Waals surface area contributed by atoms with Gasteiger partial charge in [-0.05, 0) is 42.7 Å². The number of hydrogen-bond donors (Lipinski definition) is 0. The van der Waals surface area contributed by atoms with E-state index in [2.05, 4.69) is 27.0 Å². The number of rotatable bonds is 3. The molecule has 0 atom stereocenters. The van der Waals surface area contributed by atoms with Crippen molar-refractivity contribution >= 4 is 21.7 Å². The van der Waals surface area contributed by atoms with Crippen LogP contribution in [0.1, 0.15) is 28.8 Å². The Labute approximate surface area is 132 Å². The van der Waals surface area contributed by atoms with Crippen LogP contribution >= 0.6 is 15.9 Å². The van der Waals surface area contributed by atoms with Gasteiger partial charge in [-0.3, -0.25) is 9.78 Å². The number of aromatic nitrogens is 1. The van der Waals surface area contributed by atoms with E-state index in [-0.39, 0.29) is 5.78 Å². The molecule has 0 radical (unpaired) electrons. The van der Waals surface area contributed by atoms with Gasteiger partial charge >= 0.3 is 0 Å². The van der Waals surface area contributed by atoms with Crippen LogP contribution in [-0.2, 0) is 24.2 Å². The number of aryl methyl sites for hydroxylation is 2. The summed E-state index contributed by atoms with van der Waals surface area (Å²) in [4.78, 5) is 16.1. The second kappa shape index (κ2) is 5.98. The van der Waals surface area contributed by atoms with Gasteiger partial charge in [0.15, 0.2) is 0 Å². The molecular weight excluding hydrogens is 330 g/mol. The number of ether oxygens (including phenoxy) is 1. The van der Waals surface area contributed by atoms with E-state index >= 15 is 0 Å². The quantitative estimate of drug-likeness (QED) is 0.849. The minimum atomic E-state index is 0.281. The molecule has 1 aliphatic rings. The summed E-state index contributed by atoms with van der Waals surface area (Å²) in [6.07, 6.45) is 3.67. The van der Waals surface area contributed by atoms with Crippen molar-refractivity contribution in [3.8, 4) is 5.75 Å². The Morgan fingerprint density at radius 3 is 3.00 bits per heavy atom. The van der Waals surface area contributed by atoms with Gasteiger partial charge in [-0.25, -0.2) is 0 Å². The Kier molecular flexibility index (Phi) is 4.06. The third-order valence-electron chi connectivity index (χ3n) is 3.80. The molecule has 1 aromatic heterocycles. The lowest BCUT2D eigenvalue weighted by Crippen LogP contribution is -2.15. The fourth-order valence-corrected chi connectivity index (χ4v) is 3.08. The van der Waals surface area contributed by atoms with Crippen LogP contribution in [0.15, 0.2) is 34.9 Å². The smallest absolute Gasteiger partial charge is 0.137 e. The fraction of sp³-hybridized carbons (Fsp3) is 0.294.